The molecule has 2 aromatic carbocycles. The molecule has 0 saturated heterocycles. The van der Waals surface area contributed by atoms with Crippen LogP contribution in [0.25, 0.3) is 10.2 Å². The van der Waals surface area contributed by atoms with Crippen LogP contribution in [0.3, 0.4) is 0 Å². The van der Waals surface area contributed by atoms with E-state index in [4.69, 9.17) is 27.9 Å². The first-order chi connectivity index (χ1) is 13.5. The number of thiazole rings is 1. The van der Waals surface area contributed by atoms with Gasteiger partial charge in [-0.1, -0.05) is 64.9 Å². The number of fused-ring (bicyclic) bond motifs is 1. The van der Waals surface area contributed by atoms with E-state index in [0.29, 0.717) is 25.9 Å². The van der Waals surface area contributed by atoms with Gasteiger partial charge in [0.15, 0.2) is 5.13 Å². The molecule has 0 bridgehead atoms. The highest BCUT2D eigenvalue weighted by Crippen LogP contribution is 2.36. The van der Waals surface area contributed by atoms with Gasteiger partial charge in [0.2, 0.25) is 0 Å². The molecule has 1 amide bonds. The zero-order chi connectivity index (χ0) is 19.7. The number of ether oxygens (including phenoxy) is 1. The van der Waals surface area contributed by atoms with Gasteiger partial charge in [0.1, 0.15) is 10.1 Å². The number of rotatable bonds is 5. The second kappa shape index (κ2) is 8.09. The van der Waals surface area contributed by atoms with Crippen molar-refractivity contribution in [3.8, 4) is 5.75 Å². The summed E-state index contributed by atoms with van der Waals surface area (Å²) < 4.78 is 7.09. The van der Waals surface area contributed by atoms with Crippen LogP contribution in [0.4, 0.5) is 5.13 Å². The van der Waals surface area contributed by atoms with E-state index in [-0.39, 0.29) is 5.91 Å². The number of benzene rings is 2. The fraction of sp³-hybridized carbons (Fsp3) is 0.100. The average molecular weight is 449 g/mol. The molecule has 0 unspecified atom stereocenters. The number of hydrogen-bond donors (Lipinski definition) is 0. The van der Waals surface area contributed by atoms with Crippen molar-refractivity contribution in [1.29, 1.82) is 0 Å². The summed E-state index contributed by atoms with van der Waals surface area (Å²) in [6.45, 7) is 0.375. The lowest BCUT2D eigenvalue weighted by molar-refractivity contribution is 0.0985. The Bertz CT molecular complexity index is 1140. The van der Waals surface area contributed by atoms with Gasteiger partial charge in [-0.15, -0.1) is 11.3 Å². The first-order valence-electron chi connectivity index (χ1n) is 8.30. The van der Waals surface area contributed by atoms with Crippen LogP contribution in [-0.2, 0) is 6.54 Å². The molecule has 0 fully saturated rings. The molecule has 2 heterocycles. The number of aromatic nitrogens is 1. The Kier molecular flexibility index (Phi) is 5.55. The smallest absolute Gasteiger partial charge is 0.262 e. The molecular formula is C20H14Cl2N2O2S2. The number of anilines is 1. The number of nitrogens with zero attached hydrogens (tertiary/aromatic N) is 2. The summed E-state index contributed by atoms with van der Waals surface area (Å²) in [7, 11) is 1.61. The number of carbonyl (C=O) groups excluding carboxylic acids is 1. The van der Waals surface area contributed by atoms with Gasteiger partial charge in [-0.2, -0.15) is 0 Å². The molecule has 4 aromatic rings. The Hall–Kier alpha value is -2.12. The van der Waals surface area contributed by atoms with E-state index in [2.05, 4.69) is 4.98 Å². The number of thiophene rings is 1. The number of amides is 1. The highest BCUT2D eigenvalue weighted by Gasteiger charge is 2.25. The first kappa shape index (κ1) is 19.2. The van der Waals surface area contributed by atoms with E-state index in [9.17, 15) is 4.79 Å². The lowest BCUT2D eigenvalue weighted by atomic mass is 10.2. The van der Waals surface area contributed by atoms with Gasteiger partial charge >= 0.3 is 0 Å². The second-order valence-electron chi connectivity index (χ2n) is 5.94. The van der Waals surface area contributed by atoms with Crippen LogP contribution in [0.1, 0.15) is 15.9 Å². The Morgan fingerprint density at radius 1 is 1.11 bits per heavy atom. The van der Waals surface area contributed by atoms with Crippen molar-refractivity contribution < 1.29 is 9.53 Å². The average Bonchev–Trinajstić information content (AvgIpc) is 3.27. The minimum atomic E-state index is -0.233. The van der Waals surface area contributed by atoms with Crippen LogP contribution in [0.15, 0.2) is 54.6 Å². The van der Waals surface area contributed by atoms with Crippen LogP contribution >= 0.6 is 45.9 Å². The molecule has 142 valence electrons. The molecule has 0 aliphatic rings. The molecular weight excluding hydrogens is 435 g/mol. The van der Waals surface area contributed by atoms with E-state index in [1.54, 1.807) is 18.1 Å². The minimum Gasteiger partial charge on any atom is -0.497 e. The van der Waals surface area contributed by atoms with E-state index >= 15 is 0 Å². The van der Waals surface area contributed by atoms with Gasteiger partial charge in [-0.05, 0) is 23.8 Å². The summed E-state index contributed by atoms with van der Waals surface area (Å²) in [6.07, 6.45) is 0. The molecule has 2 aromatic heterocycles. The van der Waals surface area contributed by atoms with E-state index in [1.807, 2.05) is 48.5 Å². The van der Waals surface area contributed by atoms with Crippen molar-refractivity contribution in [2.24, 2.45) is 0 Å². The van der Waals surface area contributed by atoms with Crippen LogP contribution in [0, 0.1) is 0 Å². The second-order valence-corrected chi connectivity index (χ2v) is 9.24. The Morgan fingerprint density at radius 3 is 2.57 bits per heavy atom. The SMILES string of the molecule is COc1ccc2sc(N(Cc3ccccc3)C(=O)c3cc(Cl)sc3Cl)nc2c1. The van der Waals surface area contributed by atoms with Gasteiger partial charge in [0.25, 0.3) is 5.91 Å². The Balaban J connectivity index is 1.78. The summed E-state index contributed by atoms with van der Waals surface area (Å²) in [5.74, 6) is 0.487. The van der Waals surface area contributed by atoms with Crippen molar-refractivity contribution in [2.75, 3.05) is 12.0 Å². The highest BCUT2D eigenvalue weighted by molar-refractivity contribution is 7.22. The molecule has 28 heavy (non-hydrogen) atoms. The maximum absolute atomic E-state index is 13.3. The molecule has 0 aliphatic carbocycles. The molecule has 0 spiro atoms. The van der Waals surface area contributed by atoms with Crippen LogP contribution < -0.4 is 9.64 Å². The third-order valence-electron chi connectivity index (χ3n) is 4.13. The molecule has 0 saturated carbocycles. The maximum atomic E-state index is 13.3. The van der Waals surface area contributed by atoms with Crippen LogP contribution in [0.2, 0.25) is 8.67 Å². The fourth-order valence-electron chi connectivity index (χ4n) is 2.76. The zero-order valence-corrected chi connectivity index (χ0v) is 17.8. The molecule has 4 rings (SSSR count). The number of hydrogen-bond acceptors (Lipinski definition) is 5. The lowest BCUT2D eigenvalue weighted by Gasteiger charge is -2.19. The predicted molar refractivity (Wildman–Crippen MR) is 117 cm³/mol. The van der Waals surface area contributed by atoms with Crippen LogP contribution in [-0.4, -0.2) is 18.0 Å². The molecule has 0 atom stereocenters. The van der Waals surface area contributed by atoms with Crippen LogP contribution in [0.5, 0.6) is 5.75 Å². The molecule has 4 nitrogen and oxygen atoms in total. The maximum Gasteiger partial charge on any atom is 0.262 e. The van der Waals surface area contributed by atoms with Crippen molar-refractivity contribution >= 4 is 67.1 Å². The quantitative estimate of drug-likeness (QED) is 0.348. The molecule has 0 aliphatic heterocycles. The van der Waals surface area contributed by atoms with Crippen molar-refractivity contribution in [1.82, 2.24) is 4.98 Å². The highest BCUT2D eigenvalue weighted by atomic mass is 35.5. The zero-order valence-electron chi connectivity index (χ0n) is 14.7. The van der Waals surface area contributed by atoms with Gasteiger partial charge in [0.05, 0.1) is 33.8 Å². The summed E-state index contributed by atoms with van der Waals surface area (Å²) >= 11 is 14.9. The summed E-state index contributed by atoms with van der Waals surface area (Å²) in [5.41, 5.74) is 2.15. The van der Waals surface area contributed by atoms with E-state index in [0.717, 1.165) is 21.5 Å². The van der Waals surface area contributed by atoms with Crippen molar-refractivity contribution in [3.05, 3.63) is 74.4 Å². The Labute approximate surface area is 179 Å². The summed E-state index contributed by atoms with van der Waals surface area (Å²) in [4.78, 5) is 19.6. The Morgan fingerprint density at radius 2 is 1.89 bits per heavy atom. The largest absolute Gasteiger partial charge is 0.497 e. The standard InChI is InChI=1S/C20H14Cl2N2O2S2/c1-26-13-7-8-16-15(9-13)23-20(27-16)24(11-12-5-3-2-4-6-12)19(25)14-10-17(21)28-18(14)22/h2-10H,11H2,1H3. The van der Waals surface area contributed by atoms with Gasteiger partial charge in [-0.25, -0.2) is 4.98 Å². The monoisotopic (exact) mass is 448 g/mol. The lowest BCUT2D eigenvalue weighted by Crippen LogP contribution is -2.30. The van der Waals surface area contributed by atoms with E-state index < -0.39 is 0 Å². The van der Waals surface area contributed by atoms with E-state index in [1.165, 1.54) is 22.7 Å². The first-order valence-corrected chi connectivity index (χ1v) is 10.7. The topological polar surface area (TPSA) is 42.4 Å². The minimum absolute atomic E-state index is 0.233. The molecule has 0 radical (unpaired) electrons. The van der Waals surface area contributed by atoms with Crippen molar-refractivity contribution in [2.45, 2.75) is 6.54 Å². The number of halogens is 2. The number of methoxy groups -OCH3 is 1. The predicted octanol–water partition coefficient (Wildman–Crippen LogP) is 6.52. The van der Waals surface area contributed by atoms with Gasteiger partial charge in [0, 0.05) is 6.07 Å². The van der Waals surface area contributed by atoms with Gasteiger partial charge < -0.3 is 4.74 Å². The third-order valence-corrected chi connectivity index (χ3v) is 6.68. The number of carbonyl (C=O) groups is 1. The fourth-order valence-corrected chi connectivity index (χ4v) is 5.15. The summed E-state index contributed by atoms with van der Waals surface area (Å²) in [6, 6.07) is 17.0. The van der Waals surface area contributed by atoms with Gasteiger partial charge in [-0.3, -0.25) is 9.69 Å². The normalized spacial score (nSPS) is 11.0. The molecule has 8 heteroatoms. The third kappa shape index (κ3) is 3.86. The summed E-state index contributed by atoms with van der Waals surface area (Å²) in [5, 5.41) is 0.593. The van der Waals surface area contributed by atoms with Crippen molar-refractivity contribution in [3.63, 3.8) is 0 Å². The molecule has 0 N–H and O–H groups in total.